The largest absolute Gasteiger partial charge is 0.399 e. The van der Waals surface area contributed by atoms with Crippen LogP contribution in [0.4, 0.5) is 5.69 Å². The first-order valence-electron chi connectivity index (χ1n) is 6.35. The van der Waals surface area contributed by atoms with Gasteiger partial charge in [-0.05, 0) is 30.2 Å². The van der Waals surface area contributed by atoms with Crippen molar-refractivity contribution in [1.82, 2.24) is 0 Å². The van der Waals surface area contributed by atoms with Gasteiger partial charge in [0.2, 0.25) is 0 Å². The normalized spacial score (nSPS) is 10.7. The Balaban J connectivity index is 2.15. The fourth-order valence-electron chi connectivity index (χ4n) is 1.70. The third-order valence-electron chi connectivity index (χ3n) is 2.72. The molecule has 3 heteroatoms. The van der Waals surface area contributed by atoms with Crippen LogP contribution in [0.1, 0.15) is 44.6 Å². The number of hydrogen-bond donors (Lipinski definition) is 1. The van der Waals surface area contributed by atoms with Crippen LogP contribution in [0, 0.1) is 0 Å². The van der Waals surface area contributed by atoms with Crippen molar-refractivity contribution in [3.05, 3.63) is 28.8 Å². The molecule has 0 heterocycles. The van der Waals surface area contributed by atoms with Crippen LogP contribution in [-0.2, 0) is 11.3 Å². The van der Waals surface area contributed by atoms with Crippen molar-refractivity contribution in [3.63, 3.8) is 0 Å². The van der Waals surface area contributed by atoms with Crippen LogP contribution in [0.25, 0.3) is 0 Å². The molecule has 1 aromatic carbocycles. The second-order valence-corrected chi connectivity index (χ2v) is 4.72. The molecule has 0 unspecified atom stereocenters. The first-order chi connectivity index (χ1) is 8.24. The maximum atomic E-state index is 6.04. The first kappa shape index (κ1) is 14.3. The number of halogens is 1. The minimum atomic E-state index is 0.553. The molecule has 0 fully saturated rings. The van der Waals surface area contributed by atoms with E-state index in [2.05, 4.69) is 6.92 Å². The molecule has 0 saturated carbocycles. The number of nitrogen functional groups attached to an aromatic ring is 1. The van der Waals surface area contributed by atoms with Gasteiger partial charge in [-0.25, -0.2) is 0 Å². The summed E-state index contributed by atoms with van der Waals surface area (Å²) in [4.78, 5) is 0. The molecule has 96 valence electrons. The molecule has 0 aliphatic heterocycles. The van der Waals surface area contributed by atoms with Crippen molar-refractivity contribution in [1.29, 1.82) is 0 Å². The van der Waals surface area contributed by atoms with Gasteiger partial charge < -0.3 is 10.5 Å². The summed E-state index contributed by atoms with van der Waals surface area (Å²) in [5, 5.41) is 0.727. The van der Waals surface area contributed by atoms with Gasteiger partial charge in [0, 0.05) is 17.3 Å². The monoisotopic (exact) mass is 255 g/mol. The van der Waals surface area contributed by atoms with Gasteiger partial charge in [-0.2, -0.15) is 0 Å². The average molecular weight is 256 g/mol. The summed E-state index contributed by atoms with van der Waals surface area (Å²) in [5.41, 5.74) is 7.40. The van der Waals surface area contributed by atoms with E-state index in [0.29, 0.717) is 6.61 Å². The molecule has 1 aromatic rings. The number of ether oxygens (including phenoxy) is 1. The van der Waals surface area contributed by atoms with Gasteiger partial charge in [0.1, 0.15) is 0 Å². The summed E-state index contributed by atoms with van der Waals surface area (Å²) >= 11 is 6.04. The summed E-state index contributed by atoms with van der Waals surface area (Å²) < 4.78 is 5.60. The molecule has 0 atom stereocenters. The van der Waals surface area contributed by atoms with Crippen LogP contribution in [0.5, 0.6) is 0 Å². The molecule has 0 saturated heterocycles. The zero-order valence-electron chi connectivity index (χ0n) is 10.5. The number of anilines is 1. The Bertz CT molecular complexity index is 328. The average Bonchev–Trinajstić information content (AvgIpc) is 2.32. The third-order valence-corrected chi connectivity index (χ3v) is 3.09. The van der Waals surface area contributed by atoms with Gasteiger partial charge in [-0.3, -0.25) is 0 Å². The molecule has 0 bridgehead atoms. The van der Waals surface area contributed by atoms with E-state index in [9.17, 15) is 0 Å². The van der Waals surface area contributed by atoms with Crippen LogP contribution < -0.4 is 5.73 Å². The van der Waals surface area contributed by atoms with Gasteiger partial charge in [0.05, 0.1) is 6.61 Å². The van der Waals surface area contributed by atoms with E-state index in [4.69, 9.17) is 22.1 Å². The molecule has 0 aliphatic carbocycles. The highest BCUT2D eigenvalue weighted by Gasteiger charge is 2.00. The van der Waals surface area contributed by atoms with E-state index in [1.54, 1.807) is 6.07 Å². The SMILES string of the molecule is CCCCCCCOCc1cc(N)ccc1Cl. The number of rotatable bonds is 8. The van der Waals surface area contributed by atoms with E-state index < -0.39 is 0 Å². The first-order valence-corrected chi connectivity index (χ1v) is 6.73. The van der Waals surface area contributed by atoms with Crippen molar-refractivity contribution in [2.75, 3.05) is 12.3 Å². The Morgan fingerprint density at radius 2 is 1.94 bits per heavy atom. The molecule has 0 amide bonds. The fraction of sp³-hybridized carbons (Fsp3) is 0.571. The Morgan fingerprint density at radius 3 is 2.71 bits per heavy atom. The molecule has 0 spiro atoms. The minimum Gasteiger partial charge on any atom is -0.399 e. The molecular weight excluding hydrogens is 234 g/mol. The maximum Gasteiger partial charge on any atom is 0.0732 e. The highest BCUT2D eigenvalue weighted by Crippen LogP contribution is 2.19. The zero-order valence-corrected chi connectivity index (χ0v) is 11.3. The van der Waals surface area contributed by atoms with Gasteiger partial charge in [-0.15, -0.1) is 0 Å². The lowest BCUT2D eigenvalue weighted by atomic mass is 10.2. The summed E-state index contributed by atoms with van der Waals surface area (Å²) in [6.45, 7) is 3.57. The van der Waals surface area contributed by atoms with Crippen LogP contribution in [-0.4, -0.2) is 6.61 Å². The van der Waals surface area contributed by atoms with Crippen molar-refractivity contribution in [2.45, 2.75) is 45.6 Å². The Kier molecular flexibility index (Phi) is 7.06. The molecule has 0 radical (unpaired) electrons. The van der Waals surface area contributed by atoms with Gasteiger partial charge >= 0.3 is 0 Å². The lowest BCUT2D eigenvalue weighted by Gasteiger charge is -2.07. The quantitative estimate of drug-likeness (QED) is 0.552. The lowest BCUT2D eigenvalue weighted by molar-refractivity contribution is 0.117. The van der Waals surface area contributed by atoms with Gasteiger partial charge in [0.25, 0.3) is 0 Å². The second-order valence-electron chi connectivity index (χ2n) is 4.32. The molecular formula is C14H22ClNO. The summed E-state index contributed by atoms with van der Waals surface area (Å²) in [6.07, 6.45) is 6.28. The molecule has 2 nitrogen and oxygen atoms in total. The van der Waals surface area contributed by atoms with E-state index in [1.807, 2.05) is 12.1 Å². The maximum absolute atomic E-state index is 6.04. The predicted molar refractivity (Wildman–Crippen MR) is 74.3 cm³/mol. The Hall–Kier alpha value is -0.730. The van der Waals surface area contributed by atoms with Gasteiger partial charge in [0.15, 0.2) is 0 Å². The highest BCUT2D eigenvalue weighted by molar-refractivity contribution is 6.31. The zero-order chi connectivity index (χ0) is 12.5. The lowest BCUT2D eigenvalue weighted by Crippen LogP contribution is -1.97. The van der Waals surface area contributed by atoms with E-state index in [0.717, 1.165) is 29.3 Å². The van der Waals surface area contributed by atoms with Crippen molar-refractivity contribution < 1.29 is 4.74 Å². The minimum absolute atomic E-state index is 0.553. The van der Waals surface area contributed by atoms with Crippen LogP contribution in [0.2, 0.25) is 5.02 Å². The molecule has 17 heavy (non-hydrogen) atoms. The Morgan fingerprint density at radius 1 is 1.18 bits per heavy atom. The summed E-state index contributed by atoms with van der Waals surface area (Å²) in [7, 11) is 0. The number of hydrogen-bond acceptors (Lipinski definition) is 2. The third kappa shape index (κ3) is 5.94. The number of nitrogens with two attached hydrogens (primary N) is 1. The highest BCUT2D eigenvalue weighted by atomic mass is 35.5. The van der Waals surface area contributed by atoms with Gasteiger partial charge in [-0.1, -0.05) is 44.2 Å². The van der Waals surface area contributed by atoms with Crippen molar-refractivity contribution in [3.8, 4) is 0 Å². The topological polar surface area (TPSA) is 35.2 Å². The molecule has 0 aromatic heterocycles. The number of unbranched alkanes of at least 4 members (excludes halogenated alkanes) is 4. The summed E-state index contributed by atoms with van der Waals surface area (Å²) in [6, 6.07) is 5.49. The molecule has 1 rings (SSSR count). The molecule has 2 N–H and O–H groups in total. The van der Waals surface area contributed by atoms with E-state index in [-0.39, 0.29) is 0 Å². The van der Waals surface area contributed by atoms with E-state index >= 15 is 0 Å². The number of benzene rings is 1. The van der Waals surface area contributed by atoms with E-state index in [1.165, 1.54) is 25.7 Å². The fourth-order valence-corrected chi connectivity index (χ4v) is 1.87. The summed E-state index contributed by atoms with van der Waals surface area (Å²) in [5.74, 6) is 0. The standard InChI is InChI=1S/C14H22ClNO/c1-2-3-4-5-6-9-17-11-12-10-13(16)7-8-14(12)15/h7-8,10H,2-6,9,11,16H2,1H3. The van der Waals surface area contributed by atoms with Crippen LogP contribution >= 0.6 is 11.6 Å². The van der Waals surface area contributed by atoms with Crippen LogP contribution in [0.3, 0.4) is 0 Å². The smallest absolute Gasteiger partial charge is 0.0732 e. The molecule has 0 aliphatic rings. The second kappa shape index (κ2) is 8.37. The Labute approximate surface area is 109 Å². The predicted octanol–water partition coefficient (Wildman–Crippen LogP) is 4.41. The van der Waals surface area contributed by atoms with Crippen molar-refractivity contribution in [2.24, 2.45) is 0 Å². The van der Waals surface area contributed by atoms with Crippen molar-refractivity contribution >= 4 is 17.3 Å². The van der Waals surface area contributed by atoms with Crippen LogP contribution in [0.15, 0.2) is 18.2 Å².